The van der Waals surface area contributed by atoms with Crippen LogP contribution in [0.15, 0.2) is 80.8 Å². The first-order valence-corrected chi connectivity index (χ1v) is 7.42. The van der Waals surface area contributed by atoms with Crippen LogP contribution in [0.3, 0.4) is 0 Å². The minimum absolute atomic E-state index is 0.0356. The van der Waals surface area contributed by atoms with Crippen LogP contribution in [0.4, 0.5) is 0 Å². The van der Waals surface area contributed by atoms with Crippen molar-refractivity contribution in [3.8, 4) is 11.3 Å². The Morgan fingerprint density at radius 2 is 1.68 bits per heavy atom. The van der Waals surface area contributed by atoms with Gasteiger partial charge in [-0.3, -0.25) is 4.79 Å². The topological polar surface area (TPSA) is 30.2 Å². The molecule has 4 aromatic rings. The van der Waals surface area contributed by atoms with Crippen molar-refractivity contribution in [2.75, 3.05) is 0 Å². The van der Waals surface area contributed by atoms with Crippen molar-refractivity contribution < 1.29 is 4.42 Å². The predicted octanol–water partition coefficient (Wildman–Crippen LogP) is 4.90. The van der Waals surface area contributed by atoms with Gasteiger partial charge in [-0.1, -0.05) is 42.5 Å². The fraction of sp³-hybridized carbons (Fsp3) is 0. The van der Waals surface area contributed by atoms with Gasteiger partial charge in [0.2, 0.25) is 0 Å². The lowest BCUT2D eigenvalue weighted by atomic mass is 10.1. The largest absolute Gasteiger partial charge is 0.455 e. The molecule has 0 bridgehead atoms. The first kappa shape index (κ1) is 13.2. The second-order valence-electron chi connectivity index (χ2n) is 5.19. The highest BCUT2D eigenvalue weighted by molar-refractivity contribution is 7.80. The van der Waals surface area contributed by atoms with Crippen molar-refractivity contribution in [3.05, 3.63) is 77.0 Å². The molecule has 0 aliphatic carbocycles. The van der Waals surface area contributed by atoms with Crippen LogP contribution >= 0.6 is 12.6 Å². The average Bonchev–Trinajstić information content (AvgIpc) is 2.54. The first-order chi connectivity index (χ1) is 10.7. The molecule has 0 unspecified atom stereocenters. The number of fused-ring (bicyclic) bond motifs is 3. The van der Waals surface area contributed by atoms with Crippen LogP contribution in [0.25, 0.3) is 33.1 Å². The Morgan fingerprint density at radius 3 is 2.55 bits per heavy atom. The Balaban J connectivity index is 2.10. The van der Waals surface area contributed by atoms with Crippen LogP contribution in [0.2, 0.25) is 0 Å². The summed E-state index contributed by atoms with van der Waals surface area (Å²) >= 11 is 4.34. The van der Waals surface area contributed by atoms with E-state index in [2.05, 4.69) is 12.6 Å². The van der Waals surface area contributed by atoms with E-state index in [0.29, 0.717) is 16.7 Å². The minimum atomic E-state index is -0.0356. The summed E-state index contributed by atoms with van der Waals surface area (Å²) in [6, 6.07) is 20.8. The molecule has 0 aliphatic heterocycles. The van der Waals surface area contributed by atoms with Crippen molar-refractivity contribution in [3.63, 3.8) is 0 Å². The Bertz CT molecular complexity index is 1060. The zero-order chi connectivity index (χ0) is 15.1. The highest BCUT2D eigenvalue weighted by Crippen LogP contribution is 2.28. The van der Waals surface area contributed by atoms with E-state index in [1.165, 1.54) is 0 Å². The van der Waals surface area contributed by atoms with Gasteiger partial charge < -0.3 is 4.42 Å². The minimum Gasteiger partial charge on any atom is -0.455 e. The summed E-state index contributed by atoms with van der Waals surface area (Å²) in [6.07, 6.45) is 0. The SMILES string of the molecule is O=c1cc(-c2cccc(S)c2)oc2c1ccc1ccccc12. The quantitative estimate of drug-likeness (QED) is 0.400. The van der Waals surface area contributed by atoms with Crippen molar-refractivity contribution in [2.45, 2.75) is 4.90 Å². The molecule has 3 aromatic carbocycles. The smallest absolute Gasteiger partial charge is 0.193 e. The van der Waals surface area contributed by atoms with Crippen LogP contribution < -0.4 is 5.43 Å². The van der Waals surface area contributed by atoms with E-state index >= 15 is 0 Å². The van der Waals surface area contributed by atoms with Gasteiger partial charge in [0.25, 0.3) is 0 Å². The third-order valence-corrected chi connectivity index (χ3v) is 4.03. The van der Waals surface area contributed by atoms with Gasteiger partial charge in [0, 0.05) is 21.9 Å². The number of rotatable bonds is 1. The van der Waals surface area contributed by atoms with Crippen LogP contribution in [0.1, 0.15) is 0 Å². The van der Waals surface area contributed by atoms with Gasteiger partial charge in [0.05, 0.1) is 5.39 Å². The molecule has 1 aromatic heterocycles. The summed E-state index contributed by atoms with van der Waals surface area (Å²) in [4.78, 5) is 13.3. The molecule has 0 amide bonds. The second kappa shape index (κ2) is 5.04. The standard InChI is InChI=1S/C19H12O2S/c20-17-11-18(13-5-3-6-14(22)10-13)21-19-15-7-2-1-4-12(15)8-9-16(17)19/h1-11,22H. The lowest BCUT2D eigenvalue weighted by molar-refractivity contribution is 0.622. The number of hydrogen-bond donors (Lipinski definition) is 1. The molecule has 0 N–H and O–H groups in total. The molecule has 1 heterocycles. The highest BCUT2D eigenvalue weighted by Gasteiger charge is 2.09. The van der Waals surface area contributed by atoms with Gasteiger partial charge in [0.15, 0.2) is 5.43 Å². The lowest BCUT2D eigenvalue weighted by Crippen LogP contribution is -2.00. The van der Waals surface area contributed by atoms with Crippen LogP contribution in [-0.4, -0.2) is 0 Å². The second-order valence-corrected chi connectivity index (χ2v) is 5.71. The maximum absolute atomic E-state index is 12.4. The zero-order valence-corrected chi connectivity index (χ0v) is 12.5. The Hall–Kier alpha value is -2.52. The molecule has 0 fully saturated rings. The third-order valence-electron chi connectivity index (χ3n) is 3.75. The normalized spacial score (nSPS) is 11.1. The molecule has 0 saturated heterocycles. The van der Waals surface area contributed by atoms with E-state index in [-0.39, 0.29) is 5.43 Å². The van der Waals surface area contributed by atoms with Gasteiger partial charge in [0.1, 0.15) is 11.3 Å². The molecule has 4 rings (SSSR count). The molecule has 0 aliphatic rings. The number of benzene rings is 3. The summed E-state index contributed by atoms with van der Waals surface area (Å²) in [7, 11) is 0. The van der Waals surface area contributed by atoms with E-state index in [4.69, 9.17) is 4.42 Å². The molecule has 0 radical (unpaired) electrons. The molecule has 106 valence electrons. The average molecular weight is 304 g/mol. The Labute approximate surface area is 132 Å². The van der Waals surface area contributed by atoms with Crippen LogP contribution in [0.5, 0.6) is 0 Å². The van der Waals surface area contributed by atoms with Crippen LogP contribution in [-0.2, 0) is 0 Å². The van der Waals surface area contributed by atoms with Crippen LogP contribution in [0, 0.1) is 0 Å². The summed E-state index contributed by atoms with van der Waals surface area (Å²) in [6.45, 7) is 0. The van der Waals surface area contributed by atoms with Gasteiger partial charge in [-0.2, -0.15) is 0 Å². The molecule has 3 heteroatoms. The molecular weight excluding hydrogens is 292 g/mol. The van der Waals surface area contributed by atoms with E-state index in [0.717, 1.165) is 21.2 Å². The first-order valence-electron chi connectivity index (χ1n) is 6.97. The Kier molecular flexibility index (Phi) is 3.01. The fourth-order valence-electron chi connectivity index (χ4n) is 2.68. The molecular formula is C19H12O2S. The van der Waals surface area contributed by atoms with E-state index < -0.39 is 0 Å². The van der Waals surface area contributed by atoms with E-state index in [1.807, 2.05) is 60.7 Å². The maximum atomic E-state index is 12.4. The Morgan fingerprint density at radius 1 is 0.818 bits per heavy atom. The number of thiol groups is 1. The summed E-state index contributed by atoms with van der Waals surface area (Å²) in [5.74, 6) is 0.560. The lowest BCUT2D eigenvalue weighted by Gasteiger charge is -2.06. The highest BCUT2D eigenvalue weighted by atomic mass is 32.1. The van der Waals surface area contributed by atoms with Crippen molar-refractivity contribution in [1.82, 2.24) is 0 Å². The summed E-state index contributed by atoms with van der Waals surface area (Å²) in [5.41, 5.74) is 1.44. The molecule has 22 heavy (non-hydrogen) atoms. The molecule has 0 saturated carbocycles. The van der Waals surface area contributed by atoms with E-state index in [1.54, 1.807) is 6.07 Å². The maximum Gasteiger partial charge on any atom is 0.193 e. The van der Waals surface area contributed by atoms with Gasteiger partial charge >= 0.3 is 0 Å². The van der Waals surface area contributed by atoms with Crippen molar-refractivity contribution in [1.29, 1.82) is 0 Å². The van der Waals surface area contributed by atoms with Crippen molar-refractivity contribution >= 4 is 34.4 Å². The monoisotopic (exact) mass is 304 g/mol. The zero-order valence-electron chi connectivity index (χ0n) is 11.6. The summed E-state index contributed by atoms with van der Waals surface area (Å²) in [5, 5.41) is 2.60. The fourth-order valence-corrected chi connectivity index (χ4v) is 2.91. The molecule has 0 spiro atoms. The number of hydrogen-bond acceptors (Lipinski definition) is 3. The van der Waals surface area contributed by atoms with Gasteiger partial charge in [-0.25, -0.2) is 0 Å². The van der Waals surface area contributed by atoms with Crippen molar-refractivity contribution in [2.24, 2.45) is 0 Å². The van der Waals surface area contributed by atoms with Gasteiger partial charge in [-0.15, -0.1) is 12.6 Å². The van der Waals surface area contributed by atoms with Gasteiger partial charge in [-0.05, 0) is 23.6 Å². The molecule has 0 atom stereocenters. The molecule has 2 nitrogen and oxygen atoms in total. The third kappa shape index (κ3) is 2.11. The van der Waals surface area contributed by atoms with E-state index in [9.17, 15) is 4.79 Å². The predicted molar refractivity (Wildman–Crippen MR) is 92.7 cm³/mol. The summed E-state index contributed by atoms with van der Waals surface area (Å²) < 4.78 is 6.06.